The van der Waals surface area contributed by atoms with E-state index >= 15 is 0 Å². The molecule has 0 aliphatic rings. The average Bonchev–Trinajstić information content (AvgIpc) is 2.53. The normalized spacial score (nSPS) is 11.4. The van der Waals surface area contributed by atoms with Gasteiger partial charge in [0.05, 0.1) is 15.5 Å². The Bertz CT molecular complexity index is 631. The van der Waals surface area contributed by atoms with E-state index in [0.29, 0.717) is 15.6 Å². The topological polar surface area (TPSA) is 17.1 Å². The van der Waals surface area contributed by atoms with Crippen LogP contribution in [0.2, 0.25) is 10.0 Å². The maximum atomic E-state index is 13.2. The molecule has 2 rings (SSSR count). The van der Waals surface area contributed by atoms with Gasteiger partial charge in [0.15, 0.2) is 5.78 Å². The lowest BCUT2D eigenvalue weighted by Crippen LogP contribution is -2.35. The number of carbonyl (C=O) groups excluding carboxylic acids is 1. The largest absolute Gasteiger partial charge is 0.293 e. The van der Waals surface area contributed by atoms with Crippen molar-refractivity contribution in [2.24, 2.45) is 0 Å². The van der Waals surface area contributed by atoms with Gasteiger partial charge in [-0.3, -0.25) is 4.79 Å². The van der Waals surface area contributed by atoms with Crippen molar-refractivity contribution in [2.75, 3.05) is 0 Å². The summed E-state index contributed by atoms with van der Waals surface area (Å²) in [4.78, 5) is 13.2. The monoisotopic (exact) mass is 320 g/mol. The van der Waals surface area contributed by atoms with E-state index in [1.165, 1.54) is 0 Å². The van der Waals surface area contributed by atoms with E-state index < -0.39 is 5.41 Å². The van der Waals surface area contributed by atoms with Crippen LogP contribution in [0.25, 0.3) is 0 Å². The minimum absolute atomic E-state index is 0.0335. The molecule has 2 aromatic rings. The second-order valence-electron chi connectivity index (χ2n) is 5.09. The molecule has 0 saturated carbocycles. The van der Waals surface area contributed by atoms with Gasteiger partial charge in [0, 0.05) is 5.56 Å². The van der Waals surface area contributed by atoms with Crippen molar-refractivity contribution < 1.29 is 4.79 Å². The third-order valence-corrected chi connectivity index (χ3v) is 4.98. The van der Waals surface area contributed by atoms with Crippen LogP contribution in [0.1, 0.15) is 42.6 Å². The average molecular weight is 321 g/mol. The highest BCUT2D eigenvalue weighted by Crippen LogP contribution is 2.38. The first kappa shape index (κ1) is 16.1. The molecular weight excluding hydrogens is 303 g/mol. The molecule has 0 atom stereocenters. The van der Waals surface area contributed by atoms with E-state index in [0.717, 1.165) is 18.4 Å². The highest BCUT2D eigenvalue weighted by Gasteiger charge is 2.38. The smallest absolute Gasteiger partial charge is 0.174 e. The van der Waals surface area contributed by atoms with Gasteiger partial charge >= 0.3 is 0 Å². The minimum Gasteiger partial charge on any atom is -0.293 e. The first-order chi connectivity index (χ1) is 10.1. The number of benzene rings is 2. The lowest BCUT2D eigenvalue weighted by molar-refractivity contribution is 0.0873. The molecule has 3 heteroatoms. The van der Waals surface area contributed by atoms with E-state index in [2.05, 4.69) is 0 Å². The SMILES string of the molecule is CCC(CC)(C(=O)c1cccc(Cl)c1Cl)c1ccccc1. The Kier molecular flexibility index (Phi) is 5.08. The third-order valence-electron chi connectivity index (χ3n) is 4.16. The molecule has 0 aliphatic heterocycles. The van der Waals surface area contributed by atoms with Crippen LogP contribution in [0, 0.1) is 0 Å². The Hall–Kier alpha value is -1.31. The van der Waals surface area contributed by atoms with Gasteiger partial charge in [-0.2, -0.15) is 0 Å². The van der Waals surface area contributed by atoms with E-state index in [4.69, 9.17) is 23.2 Å². The lowest BCUT2D eigenvalue weighted by atomic mass is 9.70. The third kappa shape index (κ3) is 2.86. The summed E-state index contributed by atoms with van der Waals surface area (Å²) in [5.74, 6) is 0.0335. The first-order valence-electron chi connectivity index (χ1n) is 7.11. The molecule has 0 fully saturated rings. The number of hydrogen-bond donors (Lipinski definition) is 0. The van der Waals surface area contributed by atoms with Crippen LogP contribution in [0.3, 0.4) is 0 Å². The molecule has 0 N–H and O–H groups in total. The fourth-order valence-corrected chi connectivity index (χ4v) is 3.19. The van der Waals surface area contributed by atoms with Gasteiger partial charge in [-0.05, 0) is 30.5 Å². The van der Waals surface area contributed by atoms with Crippen molar-refractivity contribution in [2.45, 2.75) is 32.1 Å². The van der Waals surface area contributed by atoms with Crippen molar-refractivity contribution in [3.8, 4) is 0 Å². The first-order valence-corrected chi connectivity index (χ1v) is 7.86. The summed E-state index contributed by atoms with van der Waals surface area (Å²) in [7, 11) is 0. The van der Waals surface area contributed by atoms with E-state index in [1.54, 1.807) is 18.2 Å². The number of carbonyl (C=O) groups is 1. The zero-order valence-electron chi connectivity index (χ0n) is 12.2. The van der Waals surface area contributed by atoms with Crippen molar-refractivity contribution in [3.63, 3.8) is 0 Å². The Labute approximate surface area is 135 Å². The van der Waals surface area contributed by atoms with Crippen molar-refractivity contribution >= 4 is 29.0 Å². The molecule has 0 saturated heterocycles. The standard InChI is InChI=1S/C18H18Cl2O/c1-3-18(4-2,13-9-6-5-7-10-13)17(21)14-11-8-12-15(19)16(14)20/h5-12H,3-4H2,1-2H3. The van der Waals surface area contributed by atoms with E-state index in [1.807, 2.05) is 44.2 Å². The molecule has 0 bridgehead atoms. The Morgan fingerprint density at radius 2 is 1.57 bits per heavy atom. The molecule has 1 nitrogen and oxygen atoms in total. The molecule has 2 aromatic carbocycles. The second-order valence-corrected chi connectivity index (χ2v) is 5.87. The van der Waals surface area contributed by atoms with Crippen LogP contribution < -0.4 is 0 Å². The van der Waals surface area contributed by atoms with E-state index in [9.17, 15) is 4.79 Å². The van der Waals surface area contributed by atoms with Crippen LogP contribution in [0.15, 0.2) is 48.5 Å². The highest BCUT2D eigenvalue weighted by molar-refractivity contribution is 6.44. The fraction of sp³-hybridized carbons (Fsp3) is 0.278. The number of rotatable bonds is 5. The van der Waals surface area contributed by atoms with Crippen LogP contribution >= 0.6 is 23.2 Å². The molecule has 0 aromatic heterocycles. The van der Waals surface area contributed by atoms with Crippen LogP contribution in [0.5, 0.6) is 0 Å². The molecule has 0 unspecified atom stereocenters. The van der Waals surface area contributed by atoms with Crippen molar-refractivity contribution in [3.05, 3.63) is 69.7 Å². The van der Waals surface area contributed by atoms with Gasteiger partial charge in [-0.25, -0.2) is 0 Å². The second kappa shape index (κ2) is 6.64. The Balaban J connectivity index is 2.58. The lowest BCUT2D eigenvalue weighted by Gasteiger charge is -2.31. The summed E-state index contributed by atoms with van der Waals surface area (Å²) in [6.07, 6.45) is 1.43. The van der Waals surface area contributed by atoms with Gasteiger partial charge in [-0.15, -0.1) is 0 Å². The van der Waals surface area contributed by atoms with Crippen LogP contribution in [0.4, 0.5) is 0 Å². The molecule has 0 spiro atoms. The van der Waals surface area contributed by atoms with Crippen LogP contribution in [-0.2, 0) is 5.41 Å². The summed E-state index contributed by atoms with van der Waals surface area (Å²) >= 11 is 12.3. The number of Topliss-reactive ketones (excluding diaryl/α,β-unsaturated/α-hetero) is 1. The number of ketones is 1. The molecule has 21 heavy (non-hydrogen) atoms. The minimum atomic E-state index is -0.560. The van der Waals surface area contributed by atoms with Gasteiger partial charge in [-0.1, -0.05) is 73.4 Å². The predicted octanol–water partition coefficient (Wildman–Crippen LogP) is 5.93. The molecule has 0 aliphatic carbocycles. The van der Waals surface area contributed by atoms with E-state index in [-0.39, 0.29) is 5.78 Å². The highest BCUT2D eigenvalue weighted by atomic mass is 35.5. The Morgan fingerprint density at radius 3 is 2.14 bits per heavy atom. The molecule has 110 valence electrons. The summed E-state index contributed by atoms with van der Waals surface area (Å²) in [5, 5.41) is 0.753. The quantitative estimate of drug-likeness (QED) is 0.623. The van der Waals surface area contributed by atoms with Crippen molar-refractivity contribution in [1.29, 1.82) is 0 Å². The van der Waals surface area contributed by atoms with Gasteiger partial charge in [0.2, 0.25) is 0 Å². The number of hydrogen-bond acceptors (Lipinski definition) is 1. The maximum absolute atomic E-state index is 13.2. The molecule has 0 heterocycles. The number of halogens is 2. The van der Waals surface area contributed by atoms with Crippen molar-refractivity contribution in [1.82, 2.24) is 0 Å². The fourth-order valence-electron chi connectivity index (χ4n) is 2.80. The predicted molar refractivity (Wildman–Crippen MR) is 89.5 cm³/mol. The maximum Gasteiger partial charge on any atom is 0.174 e. The molecule has 0 radical (unpaired) electrons. The van der Waals surface area contributed by atoms with Gasteiger partial charge in [0.25, 0.3) is 0 Å². The summed E-state index contributed by atoms with van der Waals surface area (Å²) in [6, 6.07) is 15.1. The van der Waals surface area contributed by atoms with Crippen LogP contribution in [-0.4, -0.2) is 5.78 Å². The van der Waals surface area contributed by atoms with Gasteiger partial charge in [0.1, 0.15) is 0 Å². The van der Waals surface area contributed by atoms with Gasteiger partial charge < -0.3 is 0 Å². The zero-order chi connectivity index (χ0) is 15.5. The Morgan fingerprint density at radius 1 is 0.952 bits per heavy atom. The summed E-state index contributed by atoms with van der Waals surface area (Å²) in [6.45, 7) is 4.07. The summed E-state index contributed by atoms with van der Waals surface area (Å²) < 4.78 is 0. The zero-order valence-corrected chi connectivity index (χ0v) is 13.7. The summed E-state index contributed by atoms with van der Waals surface area (Å²) in [5.41, 5.74) is 0.961. The molecule has 0 amide bonds. The molecular formula is C18H18Cl2O.